The first-order chi connectivity index (χ1) is 8.16. The number of hydrogen-bond acceptors (Lipinski definition) is 5. The summed E-state index contributed by atoms with van der Waals surface area (Å²) in [6.45, 7) is 5.90. The van der Waals surface area contributed by atoms with Gasteiger partial charge in [0.2, 0.25) is 5.91 Å². The van der Waals surface area contributed by atoms with Crippen LogP contribution in [0.2, 0.25) is 0 Å². The molecule has 1 saturated heterocycles. The zero-order valence-electron chi connectivity index (χ0n) is 10.1. The first-order valence-corrected chi connectivity index (χ1v) is 7.65. The van der Waals surface area contributed by atoms with Crippen LogP contribution in [0.15, 0.2) is 6.07 Å². The summed E-state index contributed by atoms with van der Waals surface area (Å²) in [6.07, 6.45) is 0. The van der Waals surface area contributed by atoms with E-state index >= 15 is 0 Å². The van der Waals surface area contributed by atoms with Crippen LogP contribution >= 0.6 is 23.3 Å². The van der Waals surface area contributed by atoms with Crippen LogP contribution in [0, 0.1) is 6.92 Å². The fourth-order valence-electron chi connectivity index (χ4n) is 1.78. The Hall–Kier alpha value is -0.590. The van der Waals surface area contributed by atoms with Crippen LogP contribution < -0.4 is 5.32 Å². The summed E-state index contributed by atoms with van der Waals surface area (Å²) in [5.74, 6) is 2.31. The zero-order chi connectivity index (χ0) is 12.3. The predicted molar refractivity (Wildman–Crippen MR) is 73.8 cm³/mol. The molecule has 1 N–H and O–H groups in total. The molecule has 17 heavy (non-hydrogen) atoms. The fourth-order valence-corrected chi connectivity index (χ4v) is 3.37. The molecule has 0 saturated carbocycles. The average molecular weight is 271 g/mol. The van der Waals surface area contributed by atoms with Crippen molar-refractivity contribution in [3.05, 3.63) is 11.8 Å². The highest BCUT2D eigenvalue weighted by Gasteiger charge is 2.23. The van der Waals surface area contributed by atoms with Gasteiger partial charge in [0.1, 0.15) is 5.00 Å². The number of amides is 1. The molecule has 2 heterocycles. The quantitative estimate of drug-likeness (QED) is 0.911. The second-order valence-electron chi connectivity index (χ2n) is 4.15. The molecule has 1 aromatic rings. The van der Waals surface area contributed by atoms with Crippen molar-refractivity contribution in [1.82, 2.24) is 9.27 Å². The van der Waals surface area contributed by atoms with Gasteiger partial charge in [0.15, 0.2) is 0 Å². The van der Waals surface area contributed by atoms with Gasteiger partial charge in [-0.1, -0.05) is 0 Å². The molecular formula is C11H17N3OS2. The molecule has 1 unspecified atom stereocenters. The van der Waals surface area contributed by atoms with E-state index in [-0.39, 0.29) is 11.9 Å². The Labute approximate surface area is 110 Å². The summed E-state index contributed by atoms with van der Waals surface area (Å²) < 4.78 is 4.15. The number of anilines is 1. The van der Waals surface area contributed by atoms with Gasteiger partial charge in [0.25, 0.3) is 0 Å². The highest BCUT2D eigenvalue weighted by Crippen LogP contribution is 2.17. The monoisotopic (exact) mass is 271 g/mol. The summed E-state index contributed by atoms with van der Waals surface area (Å²) >= 11 is 3.29. The topological polar surface area (TPSA) is 45.2 Å². The molecule has 0 radical (unpaired) electrons. The normalized spacial score (nSPS) is 18.9. The second kappa shape index (κ2) is 5.84. The highest BCUT2D eigenvalue weighted by molar-refractivity contribution is 7.99. The van der Waals surface area contributed by atoms with E-state index in [0.717, 1.165) is 35.3 Å². The number of aryl methyl sites for hydroxylation is 1. The van der Waals surface area contributed by atoms with E-state index in [1.807, 2.05) is 31.7 Å². The molecule has 1 fully saturated rings. The van der Waals surface area contributed by atoms with Crippen LogP contribution in [0.5, 0.6) is 0 Å². The maximum absolute atomic E-state index is 12.0. The number of hydrogen-bond donors (Lipinski definition) is 1. The molecular weight excluding hydrogens is 254 g/mol. The van der Waals surface area contributed by atoms with Crippen molar-refractivity contribution >= 4 is 34.2 Å². The Balaban J connectivity index is 1.90. The highest BCUT2D eigenvalue weighted by atomic mass is 32.2. The largest absolute Gasteiger partial charge is 0.315 e. The van der Waals surface area contributed by atoms with Crippen LogP contribution in [0.3, 0.4) is 0 Å². The van der Waals surface area contributed by atoms with Gasteiger partial charge in [0.05, 0.1) is 11.7 Å². The molecule has 6 heteroatoms. The van der Waals surface area contributed by atoms with E-state index in [4.69, 9.17) is 0 Å². The summed E-state index contributed by atoms with van der Waals surface area (Å²) in [5, 5.41) is 3.77. The SMILES string of the molecule is Cc1cc(NC(=O)C(C)N2CCSCC2)sn1. The van der Waals surface area contributed by atoms with Crippen LogP contribution in [0.25, 0.3) is 0 Å². The summed E-state index contributed by atoms with van der Waals surface area (Å²) in [5.41, 5.74) is 0.951. The van der Waals surface area contributed by atoms with Crippen molar-refractivity contribution < 1.29 is 4.79 Å². The minimum Gasteiger partial charge on any atom is -0.315 e. The lowest BCUT2D eigenvalue weighted by Gasteiger charge is -2.30. The zero-order valence-corrected chi connectivity index (χ0v) is 11.7. The van der Waals surface area contributed by atoms with Gasteiger partial charge in [-0.05, 0) is 31.4 Å². The van der Waals surface area contributed by atoms with Crippen molar-refractivity contribution in [3.8, 4) is 0 Å². The van der Waals surface area contributed by atoms with Gasteiger partial charge >= 0.3 is 0 Å². The molecule has 4 nitrogen and oxygen atoms in total. The Morgan fingerprint density at radius 3 is 2.82 bits per heavy atom. The van der Waals surface area contributed by atoms with Crippen molar-refractivity contribution in [2.75, 3.05) is 29.9 Å². The van der Waals surface area contributed by atoms with Crippen LogP contribution in [-0.4, -0.2) is 45.8 Å². The van der Waals surface area contributed by atoms with Crippen LogP contribution in [-0.2, 0) is 4.79 Å². The molecule has 1 aromatic heterocycles. The lowest BCUT2D eigenvalue weighted by atomic mass is 10.2. The number of aromatic nitrogens is 1. The number of nitrogens with zero attached hydrogens (tertiary/aromatic N) is 2. The molecule has 0 bridgehead atoms. The third kappa shape index (κ3) is 3.43. The fraction of sp³-hybridized carbons (Fsp3) is 0.636. The Morgan fingerprint density at radius 1 is 1.53 bits per heavy atom. The van der Waals surface area contributed by atoms with Crippen molar-refractivity contribution in [2.45, 2.75) is 19.9 Å². The van der Waals surface area contributed by atoms with Gasteiger partial charge in [-0.2, -0.15) is 16.1 Å². The number of rotatable bonds is 3. The molecule has 0 spiro atoms. The van der Waals surface area contributed by atoms with Crippen LogP contribution in [0.1, 0.15) is 12.6 Å². The van der Waals surface area contributed by atoms with Crippen molar-refractivity contribution in [1.29, 1.82) is 0 Å². The van der Waals surface area contributed by atoms with Gasteiger partial charge < -0.3 is 5.32 Å². The van der Waals surface area contributed by atoms with Gasteiger partial charge in [-0.25, -0.2) is 0 Å². The molecule has 94 valence electrons. The molecule has 1 aliphatic heterocycles. The minimum atomic E-state index is -0.0571. The third-order valence-electron chi connectivity index (χ3n) is 2.85. The average Bonchev–Trinajstić information content (AvgIpc) is 2.75. The van der Waals surface area contributed by atoms with E-state index < -0.39 is 0 Å². The van der Waals surface area contributed by atoms with E-state index in [1.54, 1.807) is 0 Å². The smallest absolute Gasteiger partial charge is 0.242 e. The van der Waals surface area contributed by atoms with E-state index in [1.165, 1.54) is 11.5 Å². The van der Waals surface area contributed by atoms with Crippen molar-refractivity contribution in [2.24, 2.45) is 0 Å². The predicted octanol–water partition coefficient (Wildman–Crippen LogP) is 1.83. The first kappa shape index (κ1) is 12.9. The maximum atomic E-state index is 12.0. The standard InChI is InChI=1S/C11H17N3OS2/c1-8-7-10(17-13-8)12-11(15)9(2)14-3-5-16-6-4-14/h7,9H,3-6H2,1-2H3,(H,12,15). The summed E-state index contributed by atoms with van der Waals surface area (Å²) in [7, 11) is 0. The van der Waals surface area contributed by atoms with Crippen LogP contribution in [0.4, 0.5) is 5.00 Å². The second-order valence-corrected chi connectivity index (χ2v) is 6.18. The molecule has 2 rings (SSSR count). The molecule has 1 amide bonds. The van der Waals surface area contributed by atoms with Gasteiger partial charge in [-0.15, -0.1) is 0 Å². The summed E-state index contributed by atoms with van der Waals surface area (Å²) in [4.78, 5) is 14.3. The Kier molecular flexibility index (Phi) is 4.42. The molecule has 0 aliphatic carbocycles. The van der Waals surface area contributed by atoms with E-state index in [0.29, 0.717) is 0 Å². The van der Waals surface area contributed by atoms with E-state index in [2.05, 4.69) is 14.6 Å². The molecule has 1 atom stereocenters. The lowest BCUT2D eigenvalue weighted by molar-refractivity contribution is -0.120. The first-order valence-electron chi connectivity index (χ1n) is 5.73. The third-order valence-corrected chi connectivity index (χ3v) is 4.59. The Bertz CT molecular complexity index is 388. The molecule has 0 aromatic carbocycles. The number of carbonyl (C=O) groups excluding carboxylic acids is 1. The lowest BCUT2D eigenvalue weighted by Crippen LogP contribution is -2.45. The minimum absolute atomic E-state index is 0.0571. The number of nitrogens with one attached hydrogen (secondary N) is 1. The number of thioether (sulfide) groups is 1. The Morgan fingerprint density at radius 2 is 2.24 bits per heavy atom. The molecule has 1 aliphatic rings. The summed E-state index contributed by atoms with van der Waals surface area (Å²) in [6, 6.07) is 1.85. The number of carbonyl (C=O) groups is 1. The maximum Gasteiger partial charge on any atom is 0.242 e. The van der Waals surface area contributed by atoms with Crippen molar-refractivity contribution in [3.63, 3.8) is 0 Å². The van der Waals surface area contributed by atoms with E-state index in [9.17, 15) is 4.79 Å². The van der Waals surface area contributed by atoms with Gasteiger partial charge in [-0.3, -0.25) is 9.69 Å². The van der Waals surface area contributed by atoms with Gasteiger partial charge in [0, 0.05) is 24.6 Å².